The minimum Gasteiger partial charge on any atom is -0.480 e. The summed E-state index contributed by atoms with van der Waals surface area (Å²) in [6.45, 7) is 3.11. The molecule has 14 nitrogen and oxygen atoms in total. The van der Waals surface area contributed by atoms with Crippen LogP contribution in [0.2, 0.25) is 0 Å². The van der Waals surface area contributed by atoms with Gasteiger partial charge in [0.05, 0.1) is 12.9 Å². The topological polar surface area (TPSA) is 198 Å². The Morgan fingerprint density at radius 3 is 2.82 bits per heavy atom. The van der Waals surface area contributed by atoms with E-state index in [4.69, 9.17) is 20.1 Å². The molecule has 0 aliphatic carbocycles. The Morgan fingerprint density at radius 2 is 2.21 bits per heavy atom. The number of rotatable bonds is 8. The molecule has 33 heavy (non-hydrogen) atoms. The van der Waals surface area contributed by atoms with Gasteiger partial charge in [-0.25, -0.2) is 19.0 Å². The molecule has 4 heterocycles. The standard InChI is InChI=1S/C17H25FN7O7P/c1-8(14(27)28)23-33(29,30)31-6-9-11(26)17(2,18)15(32-9)25-7-20-10-12(24-4-3-5-24)21-16(19)22-13(10)25/h7-9,11,15,26H,3-6H2,1-2H3,(H,27,28)(H2,19,21,22)(H2,23,29,30)/t8-,9+,11+,15+,17+/m0/s1. The summed E-state index contributed by atoms with van der Waals surface area (Å²) in [6, 6.07) is -1.38. The second kappa shape index (κ2) is 8.42. The van der Waals surface area contributed by atoms with E-state index in [1.165, 1.54) is 10.9 Å². The van der Waals surface area contributed by atoms with Gasteiger partial charge in [-0.2, -0.15) is 9.97 Å². The molecule has 182 valence electrons. The Hall–Kier alpha value is -2.42. The van der Waals surface area contributed by atoms with Crippen LogP contribution in [0, 0.1) is 0 Å². The third-order valence-electron chi connectivity index (χ3n) is 5.69. The maximum atomic E-state index is 15.6. The normalized spacial score (nSPS) is 30.2. The Bertz CT molecular complexity index is 1110. The van der Waals surface area contributed by atoms with Crippen molar-refractivity contribution < 1.29 is 38.1 Å². The second-order valence-corrected chi connectivity index (χ2v) is 9.76. The van der Waals surface area contributed by atoms with E-state index in [9.17, 15) is 19.4 Å². The van der Waals surface area contributed by atoms with Crippen LogP contribution in [0.1, 0.15) is 26.5 Å². The molecule has 2 fully saturated rings. The first-order valence-electron chi connectivity index (χ1n) is 10.2. The minimum atomic E-state index is -4.57. The van der Waals surface area contributed by atoms with E-state index in [1.54, 1.807) is 0 Å². The van der Waals surface area contributed by atoms with Crippen LogP contribution in [-0.4, -0.2) is 84.2 Å². The predicted molar refractivity (Wildman–Crippen MR) is 112 cm³/mol. The average molecular weight is 489 g/mol. The van der Waals surface area contributed by atoms with Crippen molar-refractivity contribution in [2.75, 3.05) is 30.3 Å². The van der Waals surface area contributed by atoms with Crippen LogP contribution in [0.15, 0.2) is 6.33 Å². The number of ether oxygens (including phenoxy) is 1. The van der Waals surface area contributed by atoms with Crippen molar-refractivity contribution in [3.05, 3.63) is 6.33 Å². The lowest BCUT2D eigenvalue weighted by Gasteiger charge is -2.32. The summed E-state index contributed by atoms with van der Waals surface area (Å²) in [6.07, 6.45) is -2.21. The van der Waals surface area contributed by atoms with E-state index >= 15 is 4.39 Å². The average Bonchev–Trinajstić information content (AvgIpc) is 3.17. The van der Waals surface area contributed by atoms with E-state index in [0.29, 0.717) is 11.3 Å². The third kappa shape index (κ3) is 4.39. The van der Waals surface area contributed by atoms with E-state index in [-0.39, 0.29) is 11.6 Å². The number of fused-ring (bicyclic) bond motifs is 1. The zero-order valence-electron chi connectivity index (χ0n) is 17.8. The SMILES string of the molecule is C[C@H](NP(=O)(O)OC[C@H]1O[C@@H](n2cnc3c(N4CCC4)nc(N)nc32)[C@](C)(F)[C@@H]1O)C(=O)O. The van der Waals surface area contributed by atoms with Crippen LogP contribution >= 0.6 is 7.75 Å². The van der Waals surface area contributed by atoms with Gasteiger partial charge in [-0.05, 0) is 20.3 Å². The summed E-state index contributed by atoms with van der Waals surface area (Å²) in [5, 5.41) is 21.3. The van der Waals surface area contributed by atoms with Crippen LogP contribution in [0.5, 0.6) is 0 Å². The van der Waals surface area contributed by atoms with Crippen molar-refractivity contribution in [3.63, 3.8) is 0 Å². The van der Waals surface area contributed by atoms with E-state index in [1.807, 2.05) is 9.99 Å². The van der Waals surface area contributed by atoms with E-state index < -0.39 is 50.5 Å². The lowest BCUT2D eigenvalue weighted by molar-refractivity contribution is -0.138. The number of hydrogen-bond acceptors (Lipinski definition) is 10. The largest absolute Gasteiger partial charge is 0.480 e. The lowest BCUT2D eigenvalue weighted by atomic mass is 9.98. The number of nitrogen functional groups attached to an aromatic ring is 1. The van der Waals surface area contributed by atoms with Gasteiger partial charge < -0.3 is 30.5 Å². The molecule has 2 aromatic heterocycles. The molecular weight excluding hydrogens is 464 g/mol. The van der Waals surface area contributed by atoms with Crippen LogP contribution in [0.4, 0.5) is 16.2 Å². The van der Waals surface area contributed by atoms with Gasteiger partial charge in [-0.1, -0.05) is 0 Å². The van der Waals surface area contributed by atoms with Crippen molar-refractivity contribution in [2.24, 2.45) is 0 Å². The summed E-state index contributed by atoms with van der Waals surface area (Å²) in [5.41, 5.74) is 4.08. The molecule has 0 bridgehead atoms. The zero-order valence-corrected chi connectivity index (χ0v) is 18.7. The zero-order chi connectivity index (χ0) is 24.1. The Balaban J connectivity index is 1.56. The highest BCUT2D eigenvalue weighted by molar-refractivity contribution is 7.50. The number of alkyl halides is 1. The number of carboxylic acids is 1. The van der Waals surface area contributed by atoms with Gasteiger partial charge in [0.25, 0.3) is 0 Å². The van der Waals surface area contributed by atoms with E-state index in [2.05, 4.69) is 15.0 Å². The number of nitrogens with two attached hydrogens (primary N) is 1. The van der Waals surface area contributed by atoms with Gasteiger partial charge in [0.1, 0.15) is 18.2 Å². The predicted octanol–water partition coefficient (Wildman–Crippen LogP) is -0.215. The van der Waals surface area contributed by atoms with Crippen molar-refractivity contribution in [1.82, 2.24) is 24.6 Å². The fourth-order valence-corrected chi connectivity index (χ4v) is 4.72. The van der Waals surface area contributed by atoms with Crippen LogP contribution in [0.3, 0.4) is 0 Å². The summed E-state index contributed by atoms with van der Waals surface area (Å²) < 4.78 is 39.5. The fourth-order valence-electron chi connectivity index (χ4n) is 3.70. The summed E-state index contributed by atoms with van der Waals surface area (Å²) >= 11 is 0. The monoisotopic (exact) mass is 489 g/mol. The number of aliphatic carboxylic acids is 1. The van der Waals surface area contributed by atoms with Gasteiger partial charge in [-0.15, -0.1) is 0 Å². The quantitative estimate of drug-likeness (QED) is 0.305. The molecule has 0 amide bonds. The first-order chi connectivity index (χ1) is 15.4. The lowest BCUT2D eigenvalue weighted by Crippen LogP contribution is -2.41. The molecule has 4 rings (SSSR count). The summed E-state index contributed by atoms with van der Waals surface area (Å²) in [5.74, 6) is -0.890. The number of nitrogens with zero attached hydrogens (tertiary/aromatic N) is 5. The molecule has 2 saturated heterocycles. The molecule has 6 atom stereocenters. The highest BCUT2D eigenvalue weighted by Crippen LogP contribution is 2.45. The van der Waals surface area contributed by atoms with Gasteiger partial charge in [0, 0.05) is 13.1 Å². The molecule has 16 heteroatoms. The molecule has 0 saturated carbocycles. The summed E-state index contributed by atoms with van der Waals surface area (Å²) in [7, 11) is -4.57. The van der Waals surface area contributed by atoms with Gasteiger partial charge >= 0.3 is 13.7 Å². The second-order valence-electron chi connectivity index (χ2n) is 8.20. The molecule has 2 aliphatic rings. The maximum Gasteiger partial charge on any atom is 0.403 e. The van der Waals surface area contributed by atoms with Crippen LogP contribution in [-0.2, 0) is 18.6 Å². The minimum absolute atomic E-state index is 0.0371. The third-order valence-corrected chi connectivity index (χ3v) is 6.90. The number of aliphatic hydroxyl groups is 1. The van der Waals surface area contributed by atoms with E-state index in [0.717, 1.165) is 33.4 Å². The molecular formula is C17H25FN7O7P. The first-order valence-corrected chi connectivity index (χ1v) is 11.7. The number of carbonyl (C=O) groups is 1. The molecule has 0 aromatic carbocycles. The number of nitrogens with one attached hydrogen (secondary N) is 1. The summed E-state index contributed by atoms with van der Waals surface area (Å²) in [4.78, 5) is 35.3. The maximum absolute atomic E-state index is 15.6. The smallest absolute Gasteiger partial charge is 0.403 e. The van der Waals surface area contributed by atoms with Crippen LogP contribution in [0.25, 0.3) is 11.2 Å². The number of aliphatic hydroxyl groups excluding tert-OH is 1. The molecule has 2 aromatic rings. The van der Waals surface area contributed by atoms with Crippen molar-refractivity contribution >= 4 is 36.6 Å². The number of halogens is 1. The Kier molecular flexibility index (Phi) is 6.05. The van der Waals surface area contributed by atoms with Gasteiger partial charge in [-0.3, -0.25) is 13.9 Å². The van der Waals surface area contributed by atoms with Crippen molar-refractivity contribution in [2.45, 2.75) is 50.4 Å². The van der Waals surface area contributed by atoms with Crippen LogP contribution < -0.4 is 15.7 Å². The Morgan fingerprint density at radius 1 is 1.52 bits per heavy atom. The number of hydrogen-bond donors (Lipinski definition) is 5. The number of imidazole rings is 1. The Labute approximate surface area is 187 Å². The molecule has 0 spiro atoms. The van der Waals surface area contributed by atoms with Crippen molar-refractivity contribution in [3.8, 4) is 0 Å². The molecule has 1 unspecified atom stereocenters. The highest BCUT2D eigenvalue weighted by atomic mass is 31.2. The van der Waals surface area contributed by atoms with Gasteiger partial charge in [0.15, 0.2) is 28.9 Å². The number of carboxylic acid groups (broad SMARTS) is 1. The highest BCUT2D eigenvalue weighted by Gasteiger charge is 2.56. The number of anilines is 2. The van der Waals surface area contributed by atoms with Gasteiger partial charge in [0.2, 0.25) is 5.95 Å². The molecule has 0 radical (unpaired) electrons. The van der Waals surface area contributed by atoms with Crippen molar-refractivity contribution in [1.29, 1.82) is 0 Å². The fraction of sp³-hybridized carbons (Fsp3) is 0.647. The molecule has 6 N–H and O–H groups in total. The number of aromatic nitrogens is 4. The molecule has 2 aliphatic heterocycles. The first kappa shape index (κ1) is 23.7.